The molecule has 0 aliphatic rings. The summed E-state index contributed by atoms with van der Waals surface area (Å²) in [7, 11) is 1.59. The molecule has 0 aliphatic carbocycles. The second kappa shape index (κ2) is 8.78. The van der Waals surface area contributed by atoms with Crippen LogP contribution in [0.15, 0.2) is 64.6 Å². The Morgan fingerprint density at radius 1 is 1.27 bits per heavy atom. The Bertz CT molecular complexity index is 1230. The number of hydrogen-bond donors (Lipinski definition) is 1. The Labute approximate surface area is 180 Å². The zero-order valence-electron chi connectivity index (χ0n) is 15.8. The van der Waals surface area contributed by atoms with Crippen LogP contribution in [0.25, 0.3) is 22.2 Å². The predicted octanol–water partition coefficient (Wildman–Crippen LogP) is 5.79. The molecule has 0 unspecified atom stereocenters. The summed E-state index contributed by atoms with van der Waals surface area (Å²) in [6, 6.07) is 16.7. The molecule has 1 amide bonds. The summed E-state index contributed by atoms with van der Waals surface area (Å²) in [4.78, 5) is 18.0. The first-order valence-electron chi connectivity index (χ1n) is 8.83. The molecule has 8 heteroatoms. The van der Waals surface area contributed by atoms with Gasteiger partial charge < -0.3 is 14.5 Å². The van der Waals surface area contributed by atoms with Crippen molar-refractivity contribution in [3.05, 3.63) is 76.5 Å². The fraction of sp³-hybridized carbons (Fsp3) is 0.0455. The number of methoxy groups -OCH3 is 1. The molecule has 0 aliphatic heterocycles. The SMILES string of the molecule is COc1cccc(C=C(C#N)c2nc(-c3cccs3)c(NC(=O)c3ccco3)s2)c1. The van der Waals surface area contributed by atoms with Gasteiger partial charge in [0.15, 0.2) is 5.76 Å². The first-order valence-corrected chi connectivity index (χ1v) is 10.5. The van der Waals surface area contributed by atoms with Crippen molar-refractivity contribution in [3.8, 4) is 22.4 Å². The number of carbonyl (C=O) groups excluding carboxylic acids is 1. The lowest BCUT2D eigenvalue weighted by Gasteiger charge is -2.01. The Balaban J connectivity index is 1.73. The van der Waals surface area contributed by atoms with Gasteiger partial charge in [0.2, 0.25) is 0 Å². The van der Waals surface area contributed by atoms with Crippen molar-refractivity contribution in [1.82, 2.24) is 4.98 Å². The molecule has 6 nitrogen and oxygen atoms in total. The van der Waals surface area contributed by atoms with Gasteiger partial charge >= 0.3 is 0 Å². The number of nitrogens with zero attached hydrogens (tertiary/aromatic N) is 2. The lowest BCUT2D eigenvalue weighted by Crippen LogP contribution is -2.10. The Morgan fingerprint density at radius 3 is 2.87 bits per heavy atom. The van der Waals surface area contributed by atoms with E-state index in [0.717, 1.165) is 10.4 Å². The average Bonchev–Trinajstić information content (AvgIpc) is 3.53. The Morgan fingerprint density at radius 2 is 2.17 bits per heavy atom. The summed E-state index contributed by atoms with van der Waals surface area (Å²) in [6.45, 7) is 0. The first kappa shape index (κ1) is 19.6. The topological polar surface area (TPSA) is 88.1 Å². The fourth-order valence-electron chi connectivity index (χ4n) is 2.71. The normalized spacial score (nSPS) is 11.1. The van der Waals surface area contributed by atoms with Gasteiger partial charge in [0.25, 0.3) is 5.91 Å². The van der Waals surface area contributed by atoms with Gasteiger partial charge in [-0.25, -0.2) is 4.98 Å². The number of nitrogens with one attached hydrogen (secondary N) is 1. The highest BCUT2D eigenvalue weighted by Crippen LogP contribution is 2.38. The van der Waals surface area contributed by atoms with E-state index in [1.54, 1.807) is 25.3 Å². The van der Waals surface area contributed by atoms with Gasteiger partial charge in [-0.3, -0.25) is 4.79 Å². The van der Waals surface area contributed by atoms with Crippen LogP contribution in [0.4, 0.5) is 5.00 Å². The molecule has 0 radical (unpaired) electrons. The number of thiazole rings is 1. The highest BCUT2D eigenvalue weighted by atomic mass is 32.1. The molecule has 4 aromatic rings. The van der Waals surface area contributed by atoms with Crippen LogP contribution in [0.5, 0.6) is 5.75 Å². The van der Waals surface area contributed by atoms with E-state index >= 15 is 0 Å². The van der Waals surface area contributed by atoms with E-state index in [4.69, 9.17) is 9.15 Å². The number of hydrogen-bond acceptors (Lipinski definition) is 7. The smallest absolute Gasteiger partial charge is 0.292 e. The zero-order valence-corrected chi connectivity index (χ0v) is 17.4. The van der Waals surface area contributed by atoms with Gasteiger partial charge in [0.05, 0.1) is 23.8 Å². The Kier molecular flexibility index (Phi) is 5.75. The average molecular weight is 434 g/mol. The van der Waals surface area contributed by atoms with Crippen LogP contribution in [0.3, 0.4) is 0 Å². The minimum Gasteiger partial charge on any atom is -0.497 e. The second-order valence-corrected chi connectivity index (χ2v) is 8.00. The molecule has 0 fully saturated rings. The minimum absolute atomic E-state index is 0.203. The van der Waals surface area contributed by atoms with Gasteiger partial charge in [-0.05, 0) is 47.4 Å². The summed E-state index contributed by atoms with van der Waals surface area (Å²) >= 11 is 2.75. The van der Waals surface area contributed by atoms with Crippen LogP contribution in [-0.2, 0) is 0 Å². The molecule has 0 spiro atoms. The van der Waals surface area contributed by atoms with Crippen LogP contribution in [0, 0.1) is 11.3 Å². The maximum atomic E-state index is 12.5. The standard InChI is InChI=1S/C22H15N3O3S2/c1-27-16-6-2-5-14(12-16)11-15(13-23)21-24-19(18-8-4-10-29-18)22(30-21)25-20(26)17-7-3-9-28-17/h2-12H,1H3,(H,25,26). The van der Waals surface area contributed by atoms with Crippen molar-refractivity contribution in [3.63, 3.8) is 0 Å². The number of thiophene rings is 1. The van der Waals surface area contributed by atoms with Crippen molar-refractivity contribution < 1.29 is 13.9 Å². The van der Waals surface area contributed by atoms with E-state index < -0.39 is 0 Å². The third-order valence-electron chi connectivity index (χ3n) is 4.11. The van der Waals surface area contributed by atoms with Crippen molar-refractivity contribution in [2.75, 3.05) is 12.4 Å². The van der Waals surface area contributed by atoms with Crippen LogP contribution in [-0.4, -0.2) is 18.0 Å². The van der Waals surface area contributed by atoms with Crippen molar-refractivity contribution in [2.24, 2.45) is 0 Å². The number of carbonyl (C=O) groups is 1. The molecule has 148 valence electrons. The zero-order chi connectivity index (χ0) is 20.9. The van der Waals surface area contributed by atoms with Crippen LogP contribution >= 0.6 is 22.7 Å². The summed E-state index contributed by atoms with van der Waals surface area (Å²) in [5, 5.41) is 15.6. The fourth-order valence-corrected chi connectivity index (χ4v) is 4.44. The summed E-state index contributed by atoms with van der Waals surface area (Å²) in [6.07, 6.45) is 3.19. The summed E-state index contributed by atoms with van der Waals surface area (Å²) in [5.74, 6) is 0.531. The molecule has 4 rings (SSSR count). The minimum atomic E-state index is -0.372. The number of anilines is 1. The molecular formula is C22H15N3O3S2. The van der Waals surface area contributed by atoms with Crippen molar-refractivity contribution in [2.45, 2.75) is 0 Å². The van der Waals surface area contributed by atoms with E-state index in [9.17, 15) is 10.1 Å². The summed E-state index contributed by atoms with van der Waals surface area (Å²) < 4.78 is 10.4. The molecule has 30 heavy (non-hydrogen) atoms. The van der Waals surface area contributed by atoms with Crippen LogP contribution in [0.1, 0.15) is 21.1 Å². The molecule has 0 bridgehead atoms. The van der Waals surface area contributed by atoms with Crippen molar-refractivity contribution >= 4 is 45.2 Å². The maximum absolute atomic E-state index is 12.5. The van der Waals surface area contributed by atoms with E-state index in [2.05, 4.69) is 16.4 Å². The largest absolute Gasteiger partial charge is 0.497 e. The monoisotopic (exact) mass is 433 g/mol. The van der Waals surface area contributed by atoms with Gasteiger partial charge in [-0.15, -0.1) is 11.3 Å². The number of ether oxygens (including phenoxy) is 1. The second-order valence-electron chi connectivity index (χ2n) is 6.05. The lowest BCUT2D eigenvalue weighted by atomic mass is 10.1. The van der Waals surface area contributed by atoms with Crippen LogP contribution < -0.4 is 10.1 Å². The number of allylic oxidation sites excluding steroid dienone is 1. The molecular weight excluding hydrogens is 418 g/mol. The lowest BCUT2D eigenvalue weighted by molar-refractivity contribution is 0.0997. The number of furan rings is 1. The van der Waals surface area contributed by atoms with Crippen LogP contribution in [0.2, 0.25) is 0 Å². The van der Waals surface area contributed by atoms with E-state index in [0.29, 0.717) is 27.0 Å². The molecule has 3 aromatic heterocycles. The predicted molar refractivity (Wildman–Crippen MR) is 119 cm³/mol. The van der Waals surface area contributed by atoms with Crippen molar-refractivity contribution in [1.29, 1.82) is 5.26 Å². The quantitative estimate of drug-likeness (QED) is 0.389. The van der Waals surface area contributed by atoms with Gasteiger partial charge in [-0.1, -0.05) is 29.5 Å². The number of amides is 1. The first-order chi connectivity index (χ1) is 14.7. The summed E-state index contributed by atoms with van der Waals surface area (Å²) in [5.41, 5.74) is 1.83. The molecule has 3 heterocycles. The molecule has 0 saturated carbocycles. The van der Waals surface area contributed by atoms with Gasteiger partial charge in [-0.2, -0.15) is 5.26 Å². The molecule has 0 atom stereocenters. The highest BCUT2D eigenvalue weighted by molar-refractivity contribution is 7.19. The van der Waals surface area contributed by atoms with E-state index in [-0.39, 0.29) is 11.7 Å². The molecule has 0 saturated heterocycles. The Hall–Kier alpha value is -3.67. The van der Waals surface area contributed by atoms with Gasteiger partial charge in [0.1, 0.15) is 27.5 Å². The van der Waals surface area contributed by atoms with Gasteiger partial charge in [0, 0.05) is 0 Å². The third kappa shape index (κ3) is 4.17. The highest BCUT2D eigenvalue weighted by Gasteiger charge is 2.20. The number of nitriles is 1. The molecule has 1 aromatic carbocycles. The maximum Gasteiger partial charge on any atom is 0.292 e. The third-order valence-corrected chi connectivity index (χ3v) is 5.99. The van der Waals surface area contributed by atoms with E-state index in [1.165, 1.54) is 28.9 Å². The molecule has 1 N–H and O–H groups in total. The van der Waals surface area contributed by atoms with E-state index in [1.807, 2.05) is 41.8 Å². The number of benzene rings is 1. The number of rotatable bonds is 6. The number of aromatic nitrogens is 1.